The molecule has 1 atom stereocenters. The van der Waals surface area contributed by atoms with Crippen LogP contribution < -0.4 is 10.2 Å². The van der Waals surface area contributed by atoms with E-state index >= 15 is 0 Å². The second-order valence-corrected chi connectivity index (χ2v) is 6.72. The molecular weight excluding hydrogens is 320 g/mol. The van der Waals surface area contributed by atoms with Crippen molar-refractivity contribution in [2.24, 2.45) is 0 Å². The number of nitrogens with zero attached hydrogens (tertiary/aromatic N) is 3. The number of carbonyl (C=O) groups excluding carboxylic acids is 3. The van der Waals surface area contributed by atoms with Gasteiger partial charge < -0.3 is 20.0 Å². The van der Waals surface area contributed by atoms with Crippen LogP contribution in [0.15, 0.2) is 24.3 Å². The first-order chi connectivity index (χ1) is 12.0. The second-order valence-electron chi connectivity index (χ2n) is 6.72. The van der Waals surface area contributed by atoms with Crippen LogP contribution in [-0.4, -0.2) is 73.8 Å². The average molecular weight is 344 g/mol. The molecule has 2 aliphatic heterocycles. The molecule has 0 radical (unpaired) electrons. The molecule has 3 amide bonds. The molecule has 0 aliphatic carbocycles. The molecule has 0 saturated carbocycles. The fourth-order valence-corrected chi connectivity index (χ4v) is 3.23. The summed E-state index contributed by atoms with van der Waals surface area (Å²) < 4.78 is 0. The highest BCUT2D eigenvalue weighted by Gasteiger charge is 2.33. The Bertz CT molecular complexity index is 663. The van der Waals surface area contributed by atoms with E-state index in [2.05, 4.69) is 5.32 Å². The second kappa shape index (κ2) is 7.13. The van der Waals surface area contributed by atoms with Crippen LogP contribution in [0.25, 0.3) is 0 Å². The van der Waals surface area contributed by atoms with E-state index in [1.165, 1.54) is 0 Å². The molecule has 7 heteroatoms. The van der Waals surface area contributed by atoms with Gasteiger partial charge in [-0.1, -0.05) is 0 Å². The van der Waals surface area contributed by atoms with Crippen molar-refractivity contribution in [3.05, 3.63) is 29.8 Å². The summed E-state index contributed by atoms with van der Waals surface area (Å²) in [7, 11) is 3.92. The van der Waals surface area contributed by atoms with Crippen LogP contribution in [0.5, 0.6) is 0 Å². The van der Waals surface area contributed by atoms with Crippen LogP contribution >= 0.6 is 0 Å². The van der Waals surface area contributed by atoms with Gasteiger partial charge >= 0.3 is 0 Å². The smallest absolute Gasteiger partial charge is 0.253 e. The fraction of sp³-hybridized carbons (Fsp3) is 0.500. The van der Waals surface area contributed by atoms with E-state index in [4.69, 9.17) is 0 Å². The highest BCUT2D eigenvalue weighted by molar-refractivity contribution is 5.95. The summed E-state index contributed by atoms with van der Waals surface area (Å²) in [5.74, 6) is -0.104. The number of rotatable bonds is 3. The highest BCUT2D eigenvalue weighted by Crippen LogP contribution is 2.16. The summed E-state index contributed by atoms with van der Waals surface area (Å²) in [4.78, 5) is 41.8. The van der Waals surface area contributed by atoms with Gasteiger partial charge in [0.05, 0.1) is 0 Å². The van der Waals surface area contributed by atoms with Crippen molar-refractivity contribution in [2.45, 2.75) is 18.9 Å². The molecule has 0 aromatic heterocycles. The Morgan fingerprint density at radius 3 is 2.16 bits per heavy atom. The lowest BCUT2D eigenvalue weighted by molar-refractivity contribution is -0.135. The van der Waals surface area contributed by atoms with Crippen molar-refractivity contribution in [2.75, 3.05) is 45.2 Å². The maximum Gasteiger partial charge on any atom is 0.253 e. The SMILES string of the molecule is CN(C)c1ccc(C(=O)N2CCN(C(=O)C3CCC(=O)N3)CC2)cc1. The molecule has 3 rings (SSSR count). The zero-order valence-electron chi connectivity index (χ0n) is 14.7. The maximum atomic E-state index is 12.6. The molecule has 2 heterocycles. The molecule has 0 bridgehead atoms. The maximum absolute atomic E-state index is 12.6. The Hall–Kier alpha value is -2.57. The van der Waals surface area contributed by atoms with E-state index in [1.807, 2.05) is 43.3 Å². The van der Waals surface area contributed by atoms with Crippen LogP contribution in [0.1, 0.15) is 23.2 Å². The molecule has 134 valence electrons. The minimum atomic E-state index is -0.395. The Labute approximate surface area is 147 Å². The lowest BCUT2D eigenvalue weighted by atomic mass is 10.1. The van der Waals surface area contributed by atoms with Crippen molar-refractivity contribution in [1.82, 2.24) is 15.1 Å². The van der Waals surface area contributed by atoms with Gasteiger partial charge in [0.15, 0.2) is 0 Å². The van der Waals surface area contributed by atoms with Gasteiger partial charge in [-0.25, -0.2) is 0 Å². The Balaban J connectivity index is 1.55. The van der Waals surface area contributed by atoms with Crippen molar-refractivity contribution in [3.8, 4) is 0 Å². The van der Waals surface area contributed by atoms with E-state index in [0.717, 1.165) is 5.69 Å². The quantitative estimate of drug-likeness (QED) is 0.857. The number of amides is 3. The first-order valence-corrected chi connectivity index (χ1v) is 8.60. The van der Waals surface area contributed by atoms with Gasteiger partial charge in [-0.15, -0.1) is 0 Å². The summed E-state index contributed by atoms with van der Waals surface area (Å²) in [5.41, 5.74) is 1.71. The van der Waals surface area contributed by atoms with Gasteiger partial charge in [-0.05, 0) is 30.7 Å². The van der Waals surface area contributed by atoms with Crippen LogP contribution in [0.3, 0.4) is 0 Å². The van der Waals surface area contributed by atoms with Crippen molar-refractivity contribution in [1.29, 1.82) is 0 Å². The number of nitrogens with one attached hydrogen (secondary N) is 1. The summed E-state index contributed by atoms with van der Waals surface area (Å²) in [6, 6.07) is 7.13. The molecule has 1 unspecified atom stereocenters. The third-order valence-electron chi connectivity index (χ3n) is 4.80. The van der Waals surface area contributed by atoms with Crippen molar-refractivity contribution < 1.29 is 14.4 Å². The average Bonchev–Trinajstić information content (AvgIpc) is 3.07. The largest absolute Gasteiger partial charge is 0.378 e. The highest BCUT2D eigenvalue weighted by atomic mass is 16.2. The van der Waals surface area contributed by atoms with Gasteiger partial charge in [-0.3, -0.25) is 14.4 Å². The summed E-state index contributed by atoms with van der Waals surface area (Å²) >= 11 is 0. The first kappa shape index (κ1) is 17.3. The minimum Gasteiger partial charge on any atom is -0.378 e. The predicted octanol–water partition coefficient (Wildman–Crippen LogP) is 0.316. The van der Waals surface area contributed by atoms with Crippen molar-refractivity contribution >= 4 is 23.4 Å². The third-order valence-corrected chi connectivity index (χ3v) is 4.80. The van der Waals surface area contributed by atoms with Crippen LogP contribution in [0.2, 0.25) is 0 Å². The Kier molecular flexibility index (Phi) is 4.92. The van der Waals surface area contributed by atoms with E-state index in [9.17, 15) is 14.4 Å². The number of hydrogen-bond acceptors (Lipinski definition) is 4. The molecule has 25 heavy (non-hydrogen) atoms. The van der Waals surface area contributed by atoms with Crippen LogP contribution in [-0.2, 0) is 9.59 Å². The number of carbonyl (C=O) groups is 3. The van der Waals surface area contributed by atoms with Gasteiger partial charge in [-0.2, -0.15) is 0 Å². The van der Waals surface area contributed by atoms with Gasteiger partial charge in [0.1, 0.15) is 6.04 Å². The minimum absolute atomic E-state index is 0.00780. The fourth-order valence-electron chi connectivity index (χ4n) is 3.23. The standard InChI is InChI=1S/C18H24N4O3/c1-20(2)14-5-3-13(4-6-14)17(24)21-9-11-22(12-10-21)18(25)15-7-8-16(23)19-15/h3-6,15H,7-12H2,1-2H3,(H,19,23). The van der Waals surface area contributed by atoms with Crippen LogP contribution in [0.4, 0.5) is 5.69 Å². The topological polar surface area (TPSA) is 73.0 Å². The molecule has 1 aromatic rings. The first-order valence-electron chi connectivity index (χ1n) is 8.60. The van der Waals surface area contributed by atoms with Crippen LogP contribution in [0, 0.1) is 0 Å². The number of benzene rings is 1. The van der Waals surface area contributed by atoms with E-state index in [-0.39, 0.29) is 17.7 Å². The zero-order valence-corrected chi connectivity index (χ0v) is 14.7. The van der Waals surface area contributed by atoms with E-state index in [0.29, 0.717) is 44.6 Å². The molecule has 1 aromatic carbocycles. The lowest BCUT2D eigenvalue weighted by Gasteiger charge is -2.36. The van der Waals surface area contributed by atoms with E-state index in [1.54, 1.807) is 9.80 Å². The predicted molar refractivity (Wildman–Crippen MR) is 94.4 cm³/mol. The number of anilines is 1. The summed E-state index contributed by atoms with van der Waals surface area (Å²) in [6.45, 7) is 2.04. The molecule has 2 saturated heterocycles. The molecule has 2 aliphatic rings. The number of piperazine rings is 1. The summed E-state index contributed by atoms with van der Waals surface area (Å²) in [5, 5.41) is 2.71. The number of hydrogen-bond donors (Lipinski definition) is 1. The van der Waals surface area contributed by atoms with Gasteiger partial charge in [0.2, 0.25) is 11.8 Å². The lowest BCUT2D eigenvalue weighted by Crippen LogP contribution is -2.54. The molecule has 7 nitrogen and oxygen atoms in total. The Morgan fingerprint density at radius 1 is 1.04 bits per heavy atom. The third kappa shape index (κ3) is 3.75. The Morgan fingerprint density at radius 2 is 1.64 bits per heavy atom. The monoisotopic (exact) mass is 344 g/mol. The van der Waals surface area contributed by atoms with Gasteiger partial charge in [0.25, 0.3) is 5.91 Å². The van der Waals surface area contributed by atoms with E-state index < -0.39 is 6.04 Å². The molecule has 0 spiro atoms. The zero-order chi connectivity index (χ0) is 18.0. The van der Waals surface area contributed by atoms with Gasteiger partial charge in [0, 0.05) is 57.9 Å². The van der Waals surface area contributed by atoms with Crippen molar-refractivity contribution in [3.63, 3.8) is 0 Å². The molecule has 2 fully saturated rings. The molecular formula is C18H24N4O3. The molecule has 1 N–H and O–H groups in total. The summed E-state index contributed by atoms with van der Waals surface area (Å²) in [6.07, 6.45) is 0.979. The normalized spacial score (nSPS) is 20.4.